The van der Waals surface area contributed by atoms with Gasteiger partial charge in [-0.25, -0.2) is 4.98 Å². The van der Waals surface area contributed by atoms with Gasteiger partial charge in [-0.2, -0.15) is 0 Å². The van der Waals surface area contributed by atoms with Gasteiger partial charge in [0.25, 0.3) is 0 Å². The zero-order valence-electron chi connectivity index (χ0n) is 6.79. The summed E-state index contributed by atoms with van der Waals surface area (Å²) >= 11 is 0. The molecule has 11 heavy (non-hydrogen) atoms. The Morgan fingerprint density at radius 2 is 2.36 bits per heavy atom. The van der Waals surface area contributed by atoms with Crippen LogP contribution in [0.2, 0.25) is 0 Å². The summed E-state index contributed by atoms with van der Waals surface area (Å²) in [4.78, 5) is 4.04. The maximum Gasteiger partial charge on any atom is 0.220 e. The molecule has 0 unspecified atom stereocenters. The molecule has 1 heterocycles. The van der Waals surface area contributed by atoms with Gasteiger partial charge in [-0.1, -0.05) is 6.58 Å². The molecule has 1 aromatic heterocycles. The fourth-order valence-electron chi connectivity index (χ4n) is 0.878. The predicted octanol–water partition coefficient (Wildman–Crippen LogP) is 2.12. The molecule has 0 aliphatic heterocycles. The van der Waals surface area contributed by atoms with Crippen molar-refractivity contribution in [1.29, 1.82) is 0 Å². The number of ether oxygens (including phenoxy) is 1. The number of aromatic nitrogens is 1. The summed E-state index contributed by atoms with van der Waals surface area (Å²) in [7, 11) is 1.61. The number of hydrogen-bond donors (Lipinski definition) is 0. The minimum absolute atomic E-state index is 0.639. The first-order chi connectivity index (χ1) is 5.25. The zero-order valence-corrected chi connectivity index (χ0v) is 6.79. The van der Waals surface area contributed by atoms with E-state index in [0.29, 0.717) is 5.88 Å². The lowest BCUT2D eigenvalue weighted by Gasteiger charge is -2.04. The predicted molar refractivity (Wildman–Crippen MR) is 45.5 cm³/mol. The van der Waals surface area contributed by atoms with Crippen LogP contribution in [0.1, 0.15) is 12.5 Å². The van der Waals surface area contributed by atoms with E-state index in [0.717, 1.165) is 11.1 Å². The smallest absolute Gasteiger partial charge is 0.220 e. The lowest BCUT2D eigenvalue weighted by molar-refractivity contribution is 0.396. The summed E-state index contributed by atoms with van der Waals surface area (Å²) in [6, 6.07) is 3.81. The molecule has 0 atom stereocenters. The molecular weight excluding hydrogens is 138 g/mol. The summed E-state index contributed by atoms with van der Waals surface area (Å²) in [5.41, 5.74) is 1.94. The molecule has 2 heteroatoms. The van der Waals surface area contributed by atoms with Crippen molar-refractivity contribution in [3.05, 3.63) is 30.5 Å². The Balaban J connectivity index is 3.12. The Labute approximate surface area is 66.5 Å². The van der Waals surface area contributed by atoms with Crippen LogP contribution >= 0.6 is 0 Å². The molecule has 0 aromatic carbocycles. The fourth-order valence-corrected chi connectivity index (χ4v) is 0.878. The number of pyridine rings is 1. The van der Waals surface area contributed by atoms with Crippen molar-refractivity contribution < 1.29 is 4.74 Å². The minimum Gasteiger partial charge on any atom is -0.481 e. The van der Waals surface area contributed by atoms with Crippen molar-refractivity contribution in [1.82, 2.24) is 4.98 Å². The average molecular weight is 149 g/mol. The van der Waals surface area contributed by atoms with E-state index in [1.54, 1.807) is 13.3 Å². The standard InChI is InChI=1S/C9H11NO/c1-7(2)8-5-4-6-10-9(8)11-3/h4-6H,1H2,2-3H3. The van der Waals surface area contributed by atoms with E-state index in [1.165, 1.54) is 0 Å². The third-order valence-corrected chi connectivity index (χ3v) is 1.42. The molecule has 0 amide bonds. The molecule has 0 saturated carbocycles. The van der Waals surface area contributed by atoms with Gasteiger partial charge >= 0.3 is 0 Å². The maximum absolute atomic E-state index is 5.03. The van der Waals surface area contributed by atoms with Crippen LogP contribution in [-0.4, -0.2) is 12.1 Å². The number of allylic oxidation sites excluding steroid dienone is 1. The van der Waals surface area contributed by atoms with Crippen LogP contribution in [0.4, 0.5) is 0 Å². The Hall–Kier alpha value is -1.31. The van der Waals surface area contributed by atoms with Gasteiger partial charge in [0.15, 0.2) is 0 Å². The summed E-state index contributed by atoms with van der Waals surface area (Å²) < 4.78 is 5.03. The molecule has 0 aliphatic rings. The lowest BCUT2D eigenvalue weighted by Crippen LogP contribution is -1.91. The maximum atomic E-state index is 5.03. The highest BCUT2D eigenvalue weighted by atomic mass is 16.5. The Morgan fingerprint density at radius 1 is 1.64 bits per heavy atom. The molecule has 0 radical (unpaired) electrons. The van der Waals surface area contributed by atoms with E-state index in [9.17, 15) is 0 Å². The fraction of sp³-hybridized carbons (Fsp3) is 0.222. The van der Waals surface area contributed by atoms with Crippen molar-refractivity contribution in [3.8, 4) is 5.88 Å². The second-order valence-electron chi connectivity index (χ2n) is 2.34. The topological polar surface area (TPSA) is 22.1 Å². The number of methoxy groups -OCH3 is 1. The molecule has 0 bridgehead atoms. The van der Waals surface area contributed by atoms with Crippen LogP contribution in [0.25, 0.3) is 5.57 Å². The highest BCUT2D eigenvalue weighted by Crippen LogP contribution is 2.20. The number of hydrogen-bond acceptors (Lipinski definition) is 2. The van der Waals surface area contributed by atoms with Gasteiger partial charge in [0.2, 0.25) is 5.88 Å². The Bertz CT molecular complexity index is 268. The van der Waals surface area contributed by atoms with Crippen LogP contribution < -0.4 is 4.74 Å². The molecule has 2 nitrogen and oxygen atoms in total. The largest absolute Gasteiger partial charge is 0.481 e. The van der Waals surface area contributed by atoms with E-state index in [1.807, 2.05) is 19.1 Å². The SMILES string of the molecule is C=C(C)c1cccnc1OC. The van der Waals surface area contributed by atoms with Crippen molar-refractivity contribution in [2.45, 2.75) is 6.92 Å². The first kappa shape index (κ1) is 7.79. The van der Waals surface area contributed by atoms with Crippen LogP contribution in [0.15, 0.2) is 24.9 Å². The lowest BCUT2D eigenvalue weighted by atomic mass is 10.1. The molecule has 0 spiro atoms. The first-order valence-corrected chi connectivity index (χ1v) is 3.40. The molecule has 0 N–H and O–H groups in total. The normalized spacial score (nSPS) is 9.27. The van der Waals surface area contributed by atoms with Crippen molar-refractivity contribution >= 4 is 5.57 Å². The molecule has 1 aromatic rings. The van der Waals surface area contributed by atoms with E-state index < -0.39 is 0 Å². The molecule has 0 fully saturated rings. The van der Waals surface area contributed by atoms with Gasteiger partial charge in [-0.3, -0.25) is 0 Å². The van der Waals surface area contributed by atoms with Crippen LogP contribution in [0.3, 0.4) is 0 Å². The van der Waals surface area contributed by atoms with E-state index in [2.05, 4.69) is 11.6 Å². The number of nitrogens with zero attached hydrogens (tertiary/aromatic N) is 1. The molecule has 1 rings (SSSR count). The van der Waals surface area contributed by atoms with Gasteiger partial charge in [0, 0.05) is 11.8 Å². The van der Waals surface area contributed by atoms with Crippen molar-refractivity contribution in [2.24, 2.45) is 0 Å². The quantitative estimate of drug-likeness (QED) is 0.642. The molecule has 58 valence electrons. The summed E-state index contributed by atoms with van der Waals surface area (Å²) in [6.07, 6.45) is 1.70. The third kappa shape index (κ3) is 1.58. The summed E-state index contributed by atoms with van der Waals surface area (Å²) in [5.74, 6) is 0.639. The Morgan fingerprint density at radius 3 is 2.82 bits per heavy atom. The summed E-state index contributed by atoms with van der Waals surface area (Å²) in [6.45, 7) is 5.74. The second kappa shape index (κ2) is 3.19. The Kier molecular flexibility index (Phi) is 2.26. The van der Waals surface area contributed by atoms with Gasteiger partial charge in [0.05, 0.1) is 7.11 Å². The van der Waals surface area contributed by atoms with E-state index >= 15 is 0 Å². The average Bonchev–Trinajstić information content (AvgIpc) is 2.04. The molecule has 0 aliphatic carbocycles. The number of rotatable bonds is 2. The van der Waals surface area contributed by atoms with Crippen LogP contribution in [0.5, 0.6) is 5.88 Å². The monoisotopic (exact) mass is 149 g/mol. The third-order valence-electron chi connectivity index (χ3n) is 1.42. The van der Waals surface area contributed by atoms with Crippen LogP contribution in [0, 0.1) is 0 Å². The molecular formula is C9H11NO. The highest BCUT2D eigenvalue weighted by Gasteiger charge is 2.01. The minimum atomic E-state index is 0.639. The first-order valence-electron chi connectivity index (χ1n) is 3.40. The van der Waals surface area contributed by atoms with Crippen molar-refractivity contribution in [3.63, 3.8) is 0 Å². The molecule has 0 saturated heterocycles. The summed E-state index contributed by atoms with van der Waals surface area (Å²) in [5, 5.41) is 0. The van der Waals surface area contributed by atoms with Crippen molar-refractivity contribution in [2.75, 3.05) is 7.11 Å². The highest BCUT2D eigenvalue weighted by molar-refractivity contribution is 5.65. The van der Waals surface area contributed by atoms with E-state index in [4.69, 9.17) is 4.74 Å². The van der Waals surface area contributed by atoms with Gasteiger partial charge in [-0.15, -0.1) is 0 Å². The van der Waals surface area contributed by atoms with Gasteiger partial charge in [0.1, 0.15) is 0 Å². The van der Waals surface area contributed by atoms with Gasteiger partial charge in [-0.05, 0) is 24.6 Å². The van der Waals surface area contributed by atoms with Gasteiger partial charge < -0.3 is 4.74 Å². The zero-order chi connectivity index (χ0) is 8.27. The van der Waals surface area contributed by atoms with E-state index in [-0.39, 0.29) is 0 Å². The van der Waals surface area contributed by atoms with Crippen LogP contribution in [-0.2, 0) is 0 Å². The second-order valence-corrected chi connectivity index (χ2v) is 2.34.